The van der Waals surface area contributed by atoms with Gasteiger partial charge in [0.15, 0.2) is 0 Å². The number of hydrogen-bond acceptors (Lipinski definition) is 6. The van der Waals surface area contributed by atoms with Crippen molar-refractivity contribution in [2.45, 2.75) is 5.03 Å². The Kier molecular flexibility index (Phi) is 5.22. The van der Waals surface area contributed by atoms with Gasteiger partial charge in [0.05, 0.1) is 0 Å². The van der Waals surface area contributed by atoms with Crippen molar-refractivity contribution in [2.75, 3.05) is 57.9 Å². The van der Waals surface area contributed by atoms with Crippen LogP contribution in [-0.2, 0) is 0 Å². The summed E-state index contributed by atoms with van der Waals surface area (Å²) in [5.74, 6) is 0.920. The highest BCUT2D eigenvalue weighted by Crippen LogP contribution is 2.13. The van der Waals surface area contributed by atoms with E-state index in [0.717, 1.165) is 37.0 Å². The van der Waals surface area contributed by atoms with Crippen LogP contribution in [0.4, 0.5) is 5.82 Å². The molecule has 1 saturated heterocycles. The maximum Gasteiger partial charge on any atom is 0.130 e. The molecule has 2 heterocycles. The fraction of sp³-hybridized carbons (Fsp3) is 0.667. The van der Waals surface area contributed by atoms with Crippen molar-refractivity contribution >= 4 is 17.6 Å². The number of piperazine rings is 1. The van der Waals surface area contributed by atoms with Crippen molar-refractivity contribution in [3.8, 4) is 0 Å². The van der Waals surface area contributed by atoms with Crippen LogP contribution >= 0.6 is 11.8 Å². The van der Waals surface area contributed by atoms with Gasteiger partial charge in [-0.2, -0.15) is 0 Å². The standard InChI is InChI=1S/C12H21N5S/c1-16-5-7-17(8-6-16)4-3-13-11-9-12(18-2)15-10-14-11/h9-10H,3-8H2,1-2H3,(H,13,14,15). The Morgan fingerprint density at radius 1 is 1.28 bits per heavy atom. The molecule has 100 valence electrons. The van der Waals surface area contributed by atoms with Crippen molar-refractivity contribution in [2.24, 2.45) is 0 Å². The van der Waals surface area contributed by atoms with Crippen LogP contribution in [0.2, 0.25) is 0 Å². The Labute approximate surface area is 113 Å². The number of rotatable bonds is 5. The Morgan fingerprint density at radius 3 is 2.78 bits per heavy atom. The van der Waals surface area contributed by atoms with Gasteiger partial charge in [0.25, 0.3) is 0 Å². The van der Waals surface area contributed by atoms with Gasteiger partial charge >= 0.3 is 0 Å². The van der Waals surface area contributed by atoms with Crippen molar-refractivity contribution in [3.63, 3.8) is 0 Å². The molecular weight excluding hydrogens is 246 g/mol. The maximum atomic E-state index is 4.22. The van der Waals surface area contributed by atoms with Gasteiger partial charge in [0.1, 0.15) is 17.2 Å². The minimum atomic E-state index is 0.920. The molecule has 5 nitrogen and oxygen atoms in total. The second-order valence-electron chi connectivity index (χ2n) is 4.52. The molecule has 1 aromatic rings. The SMILES string of the molecule is CSc1cc(NCCN2CCN(C)CC2)ncn1. The third kappa shape index (κ3) is 4.12. The molecule has 1 aliphatic rings. The molecule has 0 unspecified atom stereocenters. The topological polar surface area (TPSA) is 44.3 Å². The summed E-state index contributed by atoms with van der Waals surface area (Å²) in [6.07, 6.45) is 3.64. The Bertz CT molecular complexity index is 365. The highest BCUT2D eigenvalue weighted by Gasteiger charge is 2.12. The van der Waals surface area contributed by atoms with E-state index in [4.69, 9.17) is 0 Å². The molecule has 0 spiro atoms. The number of nitrogens with zero attached hydrogens (tertiary/aromatic N) is 4. The molecule has 0 bridgehead atoms. The highest BCUT2D eigenvalue weighted by atomic mass is 32.2. The predicted octanol–water partition coefficient (Wildman–Crippen LogP) is 0.858. The summed E-state index contributed by atoms with van der Waals surface area (Å²) >= 11 is 1.64. The zero-order valence-electron chi connectivity index (χ0n) is 11.1. The summed E-state index contributed by atoms with van der Waals surface area (Å²) in [5, 5.41) is 4.36. The molecule has 0 saturated carbocycles. The fourth-order valence-electron chi connectivity index (χ4n) is 1.96. The molecule has 0 aromatic carbocycles. The summed E-state index contributed by atoms with van der Waals surface area (Å²) in [7, 11) is 2.18. The fourth-order valence-corrected chi connectivity index (χ4v) is 2.34. The van der Waals surface area contributed by atoms with Gasteiger partial charge in [-0.15, -0.1) is 11.8 Å². The summed E-state index contributed by atoms with van der Waals surface area (Å²) in [5.41, 5.74) is 0. The van der Waals surface area contributed by atoms with Gasteiger partial charge in [-0.05, 0) is 13.3 Å². The van der Waals surface area contributed by atoms with Crippen LogP contribution in [0, 0.1) is 0 Å². The van der Waals surface area contributed by atoms with E-state index in [2.05, 4.69) is 32.1 Å². The van der Waals surface area contributed by atoms with Gasteiger partial charge < -0.3 is 10.2 Å². The van der Waals surface area contributed by atoms with Gasteiger partial charge in [-0.25, -0.2) is 9.97 Å². The number of thioether (sulfide) groups is 1. The van der Waals surface area contributed by atoms with Crippen LogP contribution in [0.15, 0.2) is 17.4 Å². The van der Waals surface area contributed by atoms with E-state index < -0.39 is 0 Å². The molecule has 1 aliphatic heterocycles. The maximum absolute atomic E-state index is 4.22. The normalized spacial score (nSPS) is 17.9. The molecule has 1 fully saturated rings. The highest BCUT2D eigenvalue weighted by molar-refractivity contribution is 7.98. The molecule has 6 heteroatoms. The minimum absolute atomic E-state index is 0.920. The van der Waals surface area contributed by atoms with Crippen LogP contribution in [0.5, 0.6) is 0 Å². The number of hydrogen-bond donors (Lipinski definition) is 1. The lowest BCUT2D eigenvalue weighted by Crippen LogP contribution is -2.45. The Hall–Kier alpha value is -0.850. The second kappa shape index (κ2) is 6.92. The second-order valence-corrected chi connectivity index (χ2v) is 5.34. The summed E-state index contributed by atoms with van der Waals surface area (Å²) < 4.78 is 0. The smallest absolute Gasteiger partial charge is 0.130 e. The van der Waals surface area contributed by atoms with E-state index in [-0.39, 0.29) is 0 Å². The third-order valence-corrected chi connectivity index (χ3v) is 3.82. The first-order valence-corrected chi connectivity index (χ1v) is 7.51. The first kappa shape index (κ1) is 13.6. The lowest BCUT2D eigenvalue weighted by Gasteiger charge is -2.32. The zero-order chi connectivity index (χ0) is 12.8. The molecule has 0 atom stereocenters. The number of anilines is 1. The van der Waals surface area contributed by atoms with Gasteiger partial charge in [0.2, 0.25) is 0 Å². The monoisotopic (exact) mass is 267 g/mol. The van der Waals surface area contributed by atoms with Crippen molar-refractivity contribution < 1.29 is 0 Å². The van der Waals surface area contributed by atoms with E-state index in [1.165, 1.54) is 13.1 Å². The molecule has 1 aromatic heterocycles. The first-order chi connectivity index (χ1) is 8.78. The van der Waals surface area contributed by atoms with Crippen molar-refractivity contribution in [3.05, 3.63) is 12.4 Å². The minimum Gasteiger partial charge on any atom is -0.369 e. The Morgan fingerprint density at radius 2 is 2.06 bits per heavy atom. The summed E-state index contributed by atoms with van der Waals surface area (Å²) in [6.45, 7) is 6.69. The van der Waals surface area contributed by atoms with E-state index in [9.17, 15) is 0 Å². The summed E-state index contributed by atoms with van der Waals surface area (Å²) in [4.78, 5) is 13.2. The number of nitrogens with one attached hydrogen (secondary N) is 1. The zero-order valence-corrected chi connectivity index (χ0v) is 11.9. The molecule has 1 N–H and O–H groups in total. The molecule has 0 amide bonds. The van der Waals surface area contributed by atoms with Crippen molar-refractivity contribution in [1.82, 2.24) is 19.8 Å². The van der Waals surface area contributed by atoms with Gasteiger partial charge in [0, 0.05) is 45.3 Å². The molecule has 18 heavy (non-hydrogen) atoms. The lowest BCUT2D eigenvalue weighted by molar-refractivity contribution is 0.158. The van der Waals surface area contributed by atoms with E-state index in [0.29, 0.717) is 0 Å². The molecule has 0 aliphatic carbocycles. The quantitative estimate of drug-likeness (QED) is 0.630. The van der Waals surface area contributed by atoms with Crippen LogP contribution < -0.4 is 5.32 Å². The molecule has 0 radical (unpaired) electrons. The first-order valence-electron chi connectivity index (χ1n) is 6.29. The molecular formula is C12H21N5S. The predicted molar refractivity (Wildman–Crippen MR) is 76.2 cm³/mol. The Balaban J connectivity index is 1.71. The number of likely N-dealkylation sites (N-methyl/N-ethyl adjacent to an activating group) is 1. The van der Waals surface area contributed by atoms with E-state index in [1.54, 1.807) is 18.1 Å². The lowest BCUT2D eigenvalue weighted by atomic mass is 10.3. The van der Waals surface area contributed by atoms with Crippen LogP contribution in [0.1, 0.15) is 0 Å². The van der Waals surface area contributed by atoms with Crippen LogP contribution in [-0.4, -0.2) is 72.3 Å². The number of aromatic nitrogens is 2. The van der Waals surface area contributed by atoms with Crippen LogP contribution in [0.3, 0.4) is 0 Å². The van der Waals surface area contributed by atoms with Crippen molar-refractivity contribution in [1.29, 1.82) is 0 Å². The van der Waals surface area contributed by atoms with E-state index >= 15 is 0 Å². The van der Waals surface area contributed by atoms with Gasteiger partial charge in [-0.1, -0.05) is 0 Å². The largest absolute Gasteiger partial charge is 0.369 e. The average molecular weight is 267 g/mol. The van der Waals surface area contributed by atoms with Gasteiger partial charge in [-0.3, -0.25) is 4.90 Å². The van der Waals surface area contributed by atoms with E-state index in [1.807, 2.05) is 12.3 Å². The molecule has 2 rings (SSSR count). The van der Waals surface area contributed by atoms with Crippen LogP contribution in [0.25, 0.3) is 0 Å². The summed E-state index contributed by atoms with van der Waals surface area (Å²) in [6, 6.07) is 1.99. The average Bonchev–Trinajstić information content (AvgIpc) is 2.41. The third-order valence-electron chi connectivity index (χ3n) is 3.18.